The van der Waals surface area contributed by atoms with E-state index in [2.05, 4.69) is 97.9 Å². The van der Waals surface area contributed by atoms with E-state index in [4.69, 9.17) is 0 Å². The molecule has 0 bridgehead atoms. The lowest BCUT2D eigenvalue weighted by molar-refractivity contribution is 0.795. The fraction of sp³-hybridized carbons (Fsp3) is 0.214. The maximum absolute atomic E-state index is 2.32. The summed E-state index contributed by atoms with van der Waals surface area (Å²) >= 11 is 0. The molecule has 0 fully saturated rings. The molecular formula is C28H28Si. The predicted octanol–water partition coefficient (Wildman–Crippen LogP) is 6.32. The van der Waals surface area contributed by atoms with Gasteiger partial charge in [-0.1, -0.05) is 115 Å². The summed E-state index contributed by atoms with van der Waals surface area (Å²) in [6, 6.07) is 29.0. The number of unbranched alkanes of at least 4 members (excludes halogenated alkanes) is 1. The van der Waals surface area contributed by atoms with Crippen molar-refractivity contribution in [1.82, 2.24) is 0 Å². The number of hydrogen-bond donors (Lipinski definition) is 0. The summed E-state index contributed by atoms with van der Waals surface area (Å²) in [4.78, 5) is 0. The molecule has 0 unspecified atom stereocenters. The van der Waals surface area contributed by atoms with E-state index in [1.54, 1.807) is 5.20 Å². The Morgan fingerprint density at radius 1 is 0.793 bits per heavy atom. The summed E-state index contributed by atoms with van der Waals surface area (Å²) in [6.07, 6.45) is 10.4. The molecule has 3 aromatic rings. The smallest absolute Gasteiger partial charge is 0.0802 e. The normalized spacial score (nSPS) is 13.3. The van der Waals surface area contributed by atoms with Crippen LogP contribution >= 0.6 is 0 Å². The molecule has 1 aliphatic carbocycles. The third-order valence-electron chi connectivity index (χ3n) is 5.56. The molecule has 0 saturated heterocycles. The first-order chi connectivity index (χ1) is 14.3. The van der Waals surface area contributed by atoms with Crippen LogP contribution in [0.2, 0.25) is 0 Å². The van der Waals surface area contributed by atoms with Crippen LogP contribution in [0.1, 0.15) is 48.4 Å². The number of hydrogen-bond acceptors (Lipinski definition) is 0. The van der Waals surface area contributed by atoms with Gasteiger partial charge in [-0.2, -0.15) is 0 Å². The Morgan fingerprint density at radius 3 is 2.31 bits per heavy atom. The lowest BCUT2D eigenvalue weighted by Crippen LogP contribution is -2.21. The van der Waals surface area contributed by atoms with E-state index >= 15 is 0 Å². The van der Waals surface area contributed by atoms with Crippen molar-refractivity contribution < 1.29 is 0 Å². The number of aryl methyl sites for hydroxylation is 1. The number of benzene rings is 3. The van der Waals surface area contributed by atoms with Gasteiger partial charge >= 0.3 is 0 Å². The zero-order valence-electron chi connectivity index (χ0n) is 17.2. The molecule has 4 rings (SSSR count). The average Bonchev–Trinajstić information content (AvgIpc) is 3.23. The predicted molar refractivity (Wildman–Crippen MR) is 127 cm³/mol. The van der Waals surface area contributed by atoms with Gasteiger partial charge in [0.05, 0.1) is 0 Å². The molecule has 0 saturated carbocycles. The van der Waals surface area contributed by atoms with Crippen molar-refractivity contribution in [3.05, 3.63) is 118 Å². The summed E-state index contributed by atoms with van der Waals surface area (Å²) in [5.74, 6) is 0. The average molecular weight is 393 g/mol. The van der Waals surface area contributed by atoms with E-state index in [1.165, 1.54) is 52.3 Å². The van der Waals surface area contributed by atoms with Crippen molar-refractivity contribution in [2.24, 2.45) is 0 Å². The fourth-order valence-electron chi connectivity index (χ4n) is 3.90. The Hall–Kier alpha value is -2.64. The van der Waals surface area contributed by atoms with Crippen LogP contribution in [0.15, 0.2) is 96.2 Å². The molecule has 2 radical (unpaired) electrons. The van der Waals surface area contributed by atoms with Gasteiger partial charge in [-0.05, 0) is 53.5 Å². The van der Waals surface area contributed by atoms with Crippen LogP contribution in [-0.4, -0.2) is 9.52 Å². The highest BCUT2D eigenvalue weighted by atomic mass is 28.2. The van der Waals surface area contributed by atoms with Crippen LogP contribution in [0.4, 0.5) is 0 Å². The zero-order valence-corrected chi connectivity index (χ0v) is 18.2. The van der Waals surface area contributed by atoms with Gasteiger partial charge in [-0.15, -0.1) is 0 Å². The summed E-state index contributed by atoms with van der Waals surface area (Å²) in [6.45, 7) is 2.25. The third-order valence-corrected chi connectivity index (χ3v) is 7.09. The molecule has 29 heavy (non-hydrogen) atoms. The first-order valence-electron chi connectivity index (χ1n) is 10.7. The first-order valence-corrected chi connectivity index (χ1v) is 11.7. The van der Waals surface area contributed by atoms with Crippen molar-refractivity contribution >= 4 is 20.3 Å². The Kier molecular flexibility index (Phi) is 6.59. The first kappa shape index (κ1) is 19.7. The molecule has 0 aliphatic heterocycles. The van der Waals surface area contributed by atoms with Gasteiger partial charge < -0.3 is 0 Å². The molecule has 1 heteroatoms. The molecule has 0 spiro atoms. The van der Waals surface area contributed by atoms with Crippen LogP contribution < -0.4 is 5.19 Å². The highest BCUT2D eigenvalue weighted by molar-refractivity contribution is 6.63. The highest BCUT2D eigenvalue weighted by Crippen LogP contribution is 2.27. The Labute approximate surface area is 177 Å². The quantitative estimate of drug-likeness (QED) is 0.393. The van der Waals surface area contributed by atoms with E-state index in [1.807, 2.05) is 0 Å². The molecule has 0 N–H and O–H groups in total. The molecule has 0 aromatic heterocycles. The van der Waals surface area contributed by atoms with E-state index in [0.29, 0.717) is 0 Å². The van der Waals surface area contributed by atoms with Gasteiger partial charge in [-0.3, -0.25) is 0 Å². The molecule has 0 atom stereocenters. The van der Waals surface area contributed by atoms with Gasteiger partial charge in [0, 0.05) is 0 Å². The minimum atomic E-state index is 0.729. The van der Waals surface area contributed by atoms with Gasteiger partial charge in [0.1, 0.15) is 9.52 Å². The van der Waals surface area contributed by atoms with Crippen LogP contribution in [0, 0.1) is 0 Å². The van der Waals surface area contributed by atoms with Gasteiger partial charge in [-0.25, -0.2) is 0 Å². The van der Waals surface area contributed by atoms with E-state index in [0.717, 1.165) is 22.4 Å². The Balaban J connectivity index is 1.53. The van der Waals surface area contributed by atoms with Crippen LogP contribution in [0.3, 0.4) is 0 Å². The minimum absolute atomic E-state index is 0.729. The van der Waals surface area contributed by atoms with Crippen LogP contribution in [0.5, 0.6) is 0 Å². The Morgan fingerprint density at radius 2 is 1.52 bits per heavy atom. The SMILES string of the molecule is CCCCc1ccc(Cc2ccccc2[Si]C2=C(c3ccccc3)C=CC2)cc1. The molecule has 1 aliphatic rings. The summed E-state index contributed by atoms with van der Waals surface area (Å²) in [7, 11) is 0.729. The van der Waals surface area contributed by atoms with Gasteiger partial charge in [0.15, 0.2) is 0 Å². The van der Waals surface area contributed by atoms with Crippen molar-refractivity contribution in [3.63, 3.8) is 0 Å². The number of rotatable bonds is 8. The molecule has 0 heterocycles. The standard InChI is InChI=1S/C28H28Si/c1-2-3-10-22-17-19-23(20-18-22)21-25-13-7-8-15-27(25)29-28-16-9-14-26(28)24-11-5-4-6-12-24/h4-9,11-15,17-20H,2-3,10,16,21H2,1H3. The van der Waals surface area contributed by atoms with Crippen molar-refractivity contribution in [1.29, 1.82) is 0 Å². The second kappa shape index (κ2) is 9.71. The van der Waals surface area contributed by atoms with E-state index < -0.39 is 0 Å². The lowest BCUT2D eigenvalue weighted by atomic mass is 10.0. The monoisotopic (exact) mass is 392 g/mol. The molecule has 144 valence electrons. The summed E-state index contributed by atoms with van der Waals surface area (Å²) < 4.78 is 0. The zero-order chi connectivity index (χ0) is 19.9. The van der Waals surface area contributed by atoms with Gasteiger partial charge in [0.2, 0.25) is 0 Å². The second-order valence-electron chi connectivity index (χ2n) is 7.74. The molecule has 0 nitrogen and oxygen atoms in total. The molecular weight excluding hydrogens is 364 g/mol. The minimum Gasteiger partial charge on any atom is -0.0802 e. The molecule has 0 amide bonds. The second-order valence-corrected chi connectivity index (χ2v) is 9.14. The van der Waals surface area contributed by atoms with Crippen molar-refractivity contribution in [2.75, 3.05) is 0 Å². The molecule has 3 aromatic carbocycles. The number of allylic oxidation sites excluding steroid dienone is 4. The van der Waals surface area contributed by atoms with Gasteiger partial charge in [0.25, 0.3) is 0 Å². The highest BCUT2D eigenvalue weighted by Gasteiger charge is 2.14. The Bertz CT molecular complexity index is 994. The van der Waals surface area contributed by atoms with E-state index in [9.17, 15) is 0 Å². The van der Waals surface area contributed by atoms with Crippen molar-refractivity contribution in [2.45, 2.75) is 39.0 Å². The van der Waals surface area contributed by atoms with Crippen LogP contribution in [-0.2, 0) is 12.8 Å². The summed E-state index contributed by atoms with van der Waals surface area (Å²) in [5, 5.41) is 3.04. The van der Waals surface area contributed by atoms with Crippen LogP contribution in [0.25, 0.3) is 5.57 Å². The maximum atomic E-state index is 2.32. The lowest BCUT2D eigenvalue weighted by Gasteiger charge is -2.12. The largest absolute Gasteiger partial charge is 0.117 e. The van der Waals surface area contributed by atoms with E-state index in [-0.39, 0.29) is 0 Å². The fourth-order valence-corrected chi connectivity index (χ4v) is 5.31. The topological polar surface area (TPSA) is 0 Å². The third kappa shape index (κ3) is 5.05. The maximum Gasteiger partial charge on any atom is 0.117 e. The van der Waals surface area contributed by atoms with Crippen molar-refractivity contribution in [3.8, 4) is 0 Å². The summed E-state index contributed by atoms with van der Waals surface area (Å²) in [5.41, 5.74) is 7.08.